The summed E-state index contributed by atoms with van der Waals surface area (Å²) in [5.41, 5.74) is 0.0404. The zero-order chi connectivity index (χ0) is 15.6. The smallest absolute Gasteiger partial charge is 0.338 e. The molecule has 0 aromatic heterocycles. The van der Waals surface area contributed by atoms with E-state index in [0.717, 1.165) is 12.8 Å². The van der Waals surface area contributed by atoms with Crippen molar-refractivity contribution in [3.8, 4) is 0 Å². The standard InChI is InChI=1S/C11H14O2.C5H10O2/c1-2-3-9-13-11(12)10-7-5-4-6-8-10;1-5(2,3)4(6)7/h4-8H,2-3,9H2,1H3;1-3H3,(H,6,7). The summed E-state index contributed by atoms with van der Waals surface area (Å²) in [6.45, 7) is 7.57. The van der Waals surface area contributed by atoms with Gasteiger partial charge in [0.2, 0.25) is 0 Å². The molecule has 0 fully saturated rings. The molecule has 0 saturated carbocycles. The predicted molar refractivity (Wildman–Crippen MR) is 78.7 cm³/mol. The van der Waals surface area contributed by atoms with E-state index in [2.05, 4.69) is 6.92 Å². The first-order valence-electron chi connectivity index (χ1n) is 6.74. The van der Waals surface area contributed by atoms with Crippen LogP contribution in [-0.4, -0.2) is 23.7 Å². The third-order valence-electron chi connectivity index (χ3n) is 2.38. The number of aliphatic carboxylic acids is 1. The van der Waals surface area contributed by atoms with E-state index in [1.807, 2.05) is 18.2 Å². The third-order valence-corrected chi connectivity index (χ3v) is 2.38. The zero-order valence-electron chi connectivity index (χ0n) is 12.7. The summed E-state index contributed by atoms with van der Waals surface area (Å²) in [7, 11) is 0. The molecule has 4 heteroatoms. The summed E-state index contributed by atoms with van der Waals surface area (Å²) in [6, 6.07) is 9.05. The summed E-state index contributed by atoms with van der Waals surface area (Å²) in [4.78, 5) is 21.3. The number of carbonyl (C=O) groups is 2. The number of carbonyl (C=O) groups excluding carboxylic acids is 1. The Balaban J connectivity index is 0.000000441. The Morgan fingerprint density at radius 3 is 2.05 bits per heavy atom. The average molecular weight is 280 g/mol. The number of rotatable bonds is 4. The van der Waals surface area contributed by atoms with Crippen LogP contribution in [0.4, 0.5) is 0 Å². The van der Waals surface area contributed by atoms with Crippen LogP contribution < -0.4 is 0 Å². The number of unbranched alkanes of at least 4 members (excludes halogenated alkanes) is 1. The number of ether oxygens (including phenoxy) is 1. The normalized spacial score (nSPS) is 10.2. The van der Waals surface area contributed by atoms with Crippen molar-refractivity contribution < 1.29 is 19.4 Å². The van der Waals surface area contributed by atoms with Crippen molar-refractivity contribution in [2.24, 2.45) is 5.41 Å². The van der Waals surface area contributed by atoms with Crippen LogP contribution in [0.25, 0.3) is 0 Å². The highest BCUT2D eigenvalue weighted by atomic mass is 16.5. The molecule has 0 unspecified atom stereocenters. The van der Waals surface area contributed by atoms with Crippen molar-refractivity contribution >= 4 is 11.9 Å². The monoisotopic (exact) mass is 280 g/mol. The number of hydrogen-bond donors (Lipinski definition) is 1. The summed E-state index contributed by atoms with van der Waals surface area (Å²) >= 11 is 0. The molecule has 0 saturated heterocycles. The molecule has 1 rings (SSSR count). The highest BCUT2D eigenvalue weighted by Gasteiger charge is 2.18. The van der Waals surface area contributed by atoms with Crippen molar-refractivity contribution in [3.63, 3.8) is 0 Å². The molecule has 0 spiro atoms. The van der Waals surface area contributed by atoms with E-state index < -0.39 is 11.4 Å². The van der Waals surface area contributed by atoms with Crippen molar-refractivity contribution in [1.29, 1.82) is 0 Å². The van der Waals surface area contributed by atoms with Gasteiger partial charge in [-0.1, -0.05) is 31.5 Å². The van der Waals surface area contributed by atoms with Crippen LogP contribution in [0, 0.1) is 5.41 Å². The van der Waals surface area contributed by atoms with E-state index in [4.69, 9.17) is 9.84 Å². The minimum absolute atomic E-state index is 0.228. The van der Waals surface area contributed by atoms with Gasteiger partial charge in [0.25, 0.3) is 0 Å². The highest BCUT2D eigenvalue weighted by Crippen LogP contribution is 2.11. The van der Waals surface area contributed by atoms with Crippen LogP contribution >= 0.6 is 0 Å². The Hall–Kier alpha value is -1.84. The maximum atomic E-state index is 11.3. The molecule has 20 heavy (non-hydrogen) atoms. The van der Waals surface area contributed by atoms with Gasteiger partial charge in [-0.25, -0.2) is 4.79 Å². The largest absolute Gasteiger partial charge is 0.481 e. The average Bonchev–Trinajstić information content (AvgIpc) is 2.39. The van der Waals surface area contributed by atoms with Crippen molar-refractivity contribution in [2.45, 2.75) is 40.5 Å². The number of carboxylic acid groups (broad SMARTS) is 1. The van der Waals surface area contributed by atoms with E-state index in [1.54, 1.807) is 32.9 Å². The van der Waals surface area contributed by atoms with Gasteiger partial charge in [0.15, 0.2) is 0 Å². The van der Waals surface area contributed by atoms with Gasteiger partial charge in [0, 0.05) is 0 Å². The van der Waals surface area contributed by atoms with Gasteiger partial charge >= 0.3 is 11.9 Å². The molecule has 0 heterocycles. The van der Waals surface area contributed by atoms with Crippen molar-refractivity contribution in [2.75, 3.05) is 6.61 Å². The van der Waals surface area contributed by atoms with Crippen LogP contribution in [0.15, 0.2) is 30.3 Å². The van der Waals surface area contributed by atoms with E-state index in [-0.39, 0.29) is 5.97 Å². The lowest BCUT2D eigenvalue weighted by molar-refractivity contribution is -0.145. The van der Waals surface area contributed by atoms with Crippen LogP contribution in [0.5, 0.6) is 0 Å². The Morgan fingerprint density at radius 1 is 1.15 bits per heavy atom. The molecule has 1 aromatic carbocycles. The van der Waals surface area contributed by atoms with E-state index in [1.165, 1.54) is 0 Å². The second kappa shape index (κ2) is 9.13. The summed E-state index contributed by atoms with van der Waals surface area (Å²) < 4.78 is 5.03. The molecule has 1 aromatic rings. The molecule has 112 valence electrons. The summed E-state index contributed by atoms with van der Waals surface area (Å²) in [6.07, 6.45) is 1.97. The highest BCUT2D eigenvalue weighted by molar-refractivity contribution is 5.89. The zero-order valence-corrected chi connectivity index (χ0v) is 12.7. The molecule has 0 amide bonds. The lowest BCUT2D eigenvalue weighted by Gasteiger charge is -2.08. The van der Waals surface area contributed by atoms with Crippen molar-refractivity contribution in [1.82, 2.24) is 0 Å². The fourth-order valence-corrected chi connectivity index (χ4v) is 0.967. The van der Waals surface area contributed by atoms with Crippen LogP contribution in [0.2, 0.25) is 0 Å². The maximum Gasteiger partial charge on any atom is 0.338 e. The molecule has 0 radical (unpaired) electrons. The summed E-state index contributed by atoms with van der Waals surface area (Å²) in [5, 5.41) is 8.25. The van der Waals surface area contributed by atoms with E-state index >= 15 is 0 Å². The van der Waals surface area contributed by atoms with Gasteiger partial charge in [0.1, 0.15) is 0 Å². The minimum atomic E-state index is -0.757. The molecular formula is C16H24O4. The number of carboxylic acids is 1. The van der Waals surface area contributed by atoms with E-state index in [0.29, 0.717) is 12.2 Å². The Bertz CT molecular complexity index is 404. The summed E-state index contributed by atoms with van der Waals surface area (Å²) in [5.74, 6) is -0.985. The molecule has 1 N–H and O–H groups in total. The minimum Gasteiger partial charge on any atom is -0.481 e. The third kappa shape index (κ3) is 8.29. The van der Waals surface area contributed by atoms with Gasteiger partial charge in [-0.15, -0.1) is 0 Å². The maximum absolute atomic E-state index is 11.3. The Labute approximate surface area is 120 Å². The molecule has 4 nitrogen and oxygen atoms in total. The van der Waals surface area contributed by atoms with E-state index in [9.17, 15) is 9.59 Å². The van der Waals surface area contributed by atoms with Gasteiger partial charge < -0.3 is 9.84 Å². The molecule has 0 aliphatic heterocycles. The first kappa shape index (κ1) is 18.2. The number of hydrogen-bond acceptors (Lipinski definition) is 3. The van der Waals surface area contributed by atoms with Gasteiger partial charge in [-0.2, -0.15) is 0 Å². The first-order chi connectivity index (χ1) is 9.29. The van der Waals surface area contributed by atoms with Gasteiger partial charge in [0.05, 0.1) is 17.6 Å². The predicted octanol–water partition coefficient (Wildman–Crippen LogP) is 3.76. The molecular weight excluding hydrogens is 256 g/mol. The van der Waals surface area contributed by atoms with Crippen molar-refractivity contribution in [3.05, 3.63) is 35.9 Å². The lowest BCUT2D eigenvalue weighted by atomic mass is 9.98. The van der Waals surface area contributed by atoms with Crippen LogP contribution in [0.3, 0.4) is 0 Å². The van der Waals surface area contributed by atoms with Crippen LogP contribution in [-0.2, 0) is 9.53 Å². The van der Waals surface area contributed by atoms with Crippen LogP contribution in [0.1, 0.15) is 50.9 Å². The fourth-order valence-electron chi connectivity index (χ4n) is 0.967. The second-order valence-corrected chi connectivity index (χ2v) is 5.41. The fraction of sp³-hybridized carbons (Fsp3) is 0.500. The lowest BCUT2D eigenvalue weighted by Crippen LogP contribution is -2.18. The first-order valence-corrected chi connectivity index (χ1v) is 6.74. The Morgan fingerprint density at radius 2 is 1.65 bits per heavy atom. The number of benzene rings is 1. The SMILES string of the molecule is CC(C)(C)C(=O)O.CCCCOC(=O)c1ccccc1. The second-order valence-electron chi connectivity index (χ2n) is 5.41. The Kier molecular flexibility index (Phi) is 8.29. The topological polar surface area (TPSA) is 63.6 Å². The van der Waals surface area contributed by atoms with Gasteiger partial charge in [-0.05, 0) is 39.3 Å². The number of esters is 1. The quantitative estimate of drug-likeness (QED) is 0.673. The molecule has 0 atom stereocenters. The molecule has 0 aliphatic rings. The molecule has 0 bridgehead atoms. The molecule has 0 aliphatic carbocycles. The van der Waals surface area contributed by atoms with Gasteiger partial charge in [-0.3, -0.25) is 4.79 Å².